The lowest BCUT2D eigenvalue weighted by atomic mass is 9.71. The lowest BCUT2D eigenvalue weighted by Crippen LogP contribution is -2.37. The van der Waals surface area contributed by atoms with Crippen molar-refractivity contribution in [2.24, 2.45) is 17.8 Å². The van der Waals surface area contributed by atoms with Gasteiger partial charge in [0.15, 0.2) is 0 Å². The van der Waals surface area contributed by atoms with Gasteiger partial charge in [-0.2, -0.15) is 0 Å². The molecule has 3 saturated carbocycles. The van der Waals surface area contributed by atoms with Gasteiger partial charge >= 0.3 is 0 Å². The third-order valence-electron chi connectivity index (χ3n) is 4.25. The fourth-order valence-corrected chi connectivity index (χ4v) is 4.56. The van der Waals surface area contributed by atoms with E-state index >= 15 is 0 Å². The molecule has 0 N–H and O–H groups in total. The summed E-state index contributed by atoms with van der Waals surface area (Å²) >= 11 is 6.60. The quantitative estimate of drug-likeness (QED) is 0.490. The second kappa shape index (κ2) is 1.96. The van der Waals surface area contributed by atoms with Crippen LogP contribution in [0.1, 0.15) is 38.5 Å². The predicted molar refractivity (Wildman–Crippen MR) is 46.8 cm³/mol. The second-order valence-electron chi connectivity index (χ2n) is 4.83. The summed E-state index contributed by atoms with van der Waals surface area (Å²) in [5.74, 6) is 2.96. The van der Waals surface area contributed by atoms with Crippen LogP contribution in [0.2, 0.25) is 0 Å². The van der Waals surface area contributed by atoms with Crippen LogP contribution in [0.4, 0.5) is 0 Å². The van der Waals surface area contributed by atoms with Crippen molar-refractivity contribution in [1.82, 2.24) is 0 Å². The summed E-state index contributed by atoms with van der Waals surface area (Å²) in [7, 11) is 0. The molecule has 0 aromatic carbocycles. The number of alkyl halides is 1. The molecule has 3 aliphatic carbocycles. The molecule has 0 spiro atoms. The highest BCUT2D eigenvalue weighted by molar-refractivity contribution is 6.24. The van der Waals surface area contributed by atoms with Crippen LogP contribution in [0.25, 0.3) is 0 Å². The summed E-state index contributed by atoms with van der Waals surface area (Å²) in [6, 6.07) is 0. The third-order valence-corrected chi connectivity index (χ3v) is 4.88. The van der Waals surface area contributed by atoms with Crippen LogP contribution in [0, 0.1) is 17.8 Å². The molecule has 0 amide bonds. The average molecular weight is 171 g/mol. The van der Waals surface area contributed by atoms with Crippen LogP contribution in [-0.2, 0) is 0 Å². The first-order valence-electron chi connectivity index (χ1n) is 4.97. The molecule has 0 aliphatic heterocycles. The maximum Gasteiger partial charge on any atom is 0.0480 e. The minimum absolute atomic E-state index is 0.284. The summed E-state index contributed by atoms with van der Waals surface area (Å²) in [4.78, 5) is 0.284. The Labute approximate surface area is 73.3 Å². The van der Waals surface area contributed by atoms with Crippen molar-refractivity contribution in [2.75, 3.05) is 0 Å². The first-order valence-corrected chi connectivity index (χ1v) is 5.35. The Balaban J connectivity index is 1.97. The highest BCUT2D eigenvalue weighted by Gasteiger charge is 2.55. The van der Waals surface area contributed by atoms with E-state index in [1.165, 1.54) is 38.5 Å². The van der Waals surface area contributed by atoms with Crippen molar-refractivity contribution < 1.29 is 0 Å². The monoisotopic (exact) mass is 170 g/mol. The largest absolute Gasteiger partial charge is 0.119 e. The zero-order valence-corrected chi connectivity index (χ0v) is 7.61. The van der Waals surface area contributed by atoms with E-state index in [0.717, 1.165) is 17.8 Å². The van der Waals surface area contributed by atoms with Crippen molar-refractivity contribution in [3.63, 3.8) is 0 Å². The number of fused-ring (bicyclic) bond motifs is 1. The molecule has 1 heteroatoms. The first-order chi connectivity index (χ1) is 5.28. The van der Waals surface area contributed by atoms with E-state index in [0.29, 0.717) is 0 Å². The molecule has 0 aromatic rings. The molecule has 4 atom stereocenters. The van der Waals surface area contributed by atoms with E-state index in [-0.39, 0.29) is 4.87 Å². The van der Waals surface area contributed by atoms with E-state index in [1.807, 2.05) is 0 Å². The Hall–Kier alpha value is 0.290. The van der Waals surface area contributed by atoms with Crippen LogP contribution in [0.5, 0.6) is 0 Å². The van der Waals surface area contributed by atoms with Gasteiger partial charge in [0, 0.05) is 4.87 Å². The standard InChI is InChI=1S/C10H15Cl/c11-10-3-1-2-8-4-7(6-10)5-9(8)10/h7-9H,1-6H2. The van der Waals surface area contributed by atoms with E-state index < -0.39 is 0 Å². The lowest BCUT2D eigenvalue weighted by molar-refractivity contribution is 0.186. The zero-order chi connectivity index (χ0) is 7.47. The number of halogens is 1. The molecule has 0 aromatic heterocycles. The molecular weight excluding hydrogens is 156 g/mol. The van der Waals surface area contributed by atoms with Crippen molar-refractivity contribution >= 4 is 11.6 Å². The van der Waals surface area contributed by atoms with Gasteiger partial charge in [-0.1, -0.05) is 12.8 Å². The van der Waals surface area contributed by atoms with Gasteiger partial charge in [0.25, 0.3) is 0 Å². The van der Waals surface area contributed by atoms with Gasteiger partial charge in [0.1, 0.15) is 0 Å². The molecule has 3 fully saturated rings. The second-order valence-corrected chi connectivity index (χ2v) is 5.59. The van der Waals surface area contributed by atoms with E-state index in [4.69, 9.17) is 11.6 Å². The van der Waals surface area contributed by atoms with Crippen molar-refractivity contribution in [3.05, 3.63) is 0 Å². The maximum atomic E-state index is 6.60. The first kappa shape index (κ1) is 6.77. The fourth-order valence-electron chi connectivity index (χ4n) is 3.94. The number of hydrogen-bond donors (Lipinski definition) is 0. The van der Waals surface area contributed by atoms with Crippen LogP contribution >= 0.6 is 11.6 Å². The fraction of sp³-hybridized carbons (Fsp3) is 1.00. The molecule has 0 heterocycles. The van der Waals surface area contributed by atoms with Gasteiger partial charge in [-0.3, -0.25) is 0 Å². The smallest absolute Gasteiger partial charge is 0.0480 e. The Morgan fingerprint density at radius 2 is 2.18 bits per heavy atom. The molecule has 0 saturated heterocycles. The molecule has 0 radical (unpaired) electrons. The Kier molecular flexibility index (Phi) is 1.21. The van der Waals surface area contributed by atoms with Crippen LogP contribution in [0.3, 0.4) is 0 Å². The molecule has 4 unspecified atom stereocenters. The lowest BCUT2D eigenvalue weighted by Gasteiger charge is -2.41. The summed E-state index contributed by atoms with van der Waals surface area (Å²) < 4.78 is 0. The number of hydrogen-bond acceptors (Lipinski definition) is 0. The van der Waals surface area contributed by atoms with Gasteiger partial charge in [0.2, 0.25) is 0 Å². The molecule has 11 heavy (non-hydrogen) atoms. The SMILES string of the molecule is ClC12CCCC3CC(CC31)C2. The average Bonchev–Trinajstić information content (AvgIpc) is 2.40. The maximum absolute atomic E-state index is 6.60. The summed E-state index contributed by atoms with van der Waals surface area (Å²) in [5, 5.41) is 0. The highest BCUT2D eigenvalue weighted by Crippen LogP contribution is 2.62. The van der Waals surface area contributed by atoms with Crippen molar-refractivity contribution in [3.8, 4) is 0 Å². The molecule has 3 rings (SSSR count). The third kappa shape index (κ3) is 0.771. The van der Waals surface area contributed by atoms with Gasteiger partial charge in [-0.15, -0.1) is 11.6 Å². The van der Waals surface area contributed by atoms with Crippen molar-refractivity contribution in [1.29, 1.82) is 0 Å². The zero-order valence-electron chi connectivity index (χ0n) is 6.85. The molecule has 62 valence electrons. The van der Waals surface area contributed by atoms with Gasteiger partial charge < -0.3 is 0 Å². The predicted octanol–water partition coefficient (Wildman–Crippen LogP) is 3.19. The topological polar surface area (TPSA) is 0 Å². The minimum Gasteiger partial charge on any atom is -0.119 e. The summed E-state index contributed by atoms with van der Waals surface area (Å²) in [5.41, 5.74) is 0. The molecule has 3 aliphatic rings. The Morgan fingerprint density at radius 1 is 1.27 bits per heavy atom. The van der Waals surface area contributed by atoms with E-state index in [2.05, 4.69) is 0 Å². The summed E-state index contributed by atoms with van der Waals surface area (Å²) in [6.45, 7) is 0. The van der Waals surface area contributed by atoms with Gasteiger partial charge in [-0.25, -0.2) is 0 Å². The Morgan fingerprint density at radius 3 is 2.82 bits per heavy atom. The molecule has 2 bridgehead atoms. The van der Waals surface area contributed by atoms with E-state index in [9.17, 15) is 0 Å². The van der Waals surface area contributed by atoms with E-state index in [1.54, 1.807) is 0 Å². The van der Waals surface area contributed by atoms with Crippen LogP contribution in [0.15, 0.2) is 0 Å². The number of rotatable bonds is 0. The van der Waals surface area contributed by atoms with Gasteiger partial charge in [-0.05, 0) is 43.4 Å². The minimum atomic E-state index is 0.284. The Bertz CT molecular complexity index is 189. The highest BCUT2D eigenvalue weighted by atomic mass is 35.5. The molecule has 0 nitrogen and oxygen atoms in total. The molecular formula is C10H15Cl. The van der Waals surface area contributed by atoms with Crippen molar-refractivity contribution in [2.45, 2.75) is 43.4 Å². The normalized spacial score (nSPS) is 60.3. The van der Waals surface area contributed by atoms with Gasteiger partial charge in [0.05, 0.1) is 0 Å². The summed E-state index contributed by atoms with van der Waals surface area (Å²) in [6.07, 6.45) is 8.52. The van der Waals surface area contributed by atoms with Crippen LogP contribution in [-0.4, -0.2) is 4.87 Å². The van der Waals surface area contributed by atoms with Crippen LogP contribution < -0.4 is 0 Å².